The molecule has 3 amide bonds. The lowest BCUT2D eigenvalue weighted by Crippen LogP contribution is -2.55. The number of nitrogens with zero attached hydrogens (tertiary/aromatic N) is 4. The fourth-order valence-corrected chi connectivity index (χ4v) is 4.13. The van der Waals surface area contributed by atoms with E-state index in [0.29, 0.717) is 16.7 Å². The monoisotopic (exact) mass is 349 g/mol. The van der Waals surface area contributed by atoms with Crippen LogP contribution in [0.25, 0.3) is 0 Å². The third kappa shape index (κ3) is 2.94. The van der Waals surface area contributed by atoms with Crippen molar-refractivity contribution in [3.8, 4) is 0 Å². The van der Waals surface area contributed by atoms with Crippen molar-refractivity contribution in [2.24, 2.45) is 21.8 Å². The summed E-state index contributed by atoms with van der Waals surface area (Å²) in [4.78, 5) is 46.5. The number of aliphatic imine (C=N–C) groups is 2. The summed E-state index contributed by atoms with van der Waals surface area (Å²) in [5, 5.41) is 0.577. The van der Waals surface area contributed by atoms with Crippen LogP contribution in [0.4, 0.5) is 4.79 Å². The van der Waals surface area contributed by atoms with Crippen LogP contribution in [-0.4, -0.2) is 63.8 Å². The second-order valence-corrected chi connectivity index (χ2v) is 7.42. The maximum Gasteiger partial charge on any atom is 0.445 e. The Hall–Kier alpha value is -1.83. The molecule has 1 fully saturated rings. The number of fused-ring (bicyclic) bond motifs is 1. The van der Waals surface area contributed by atoms with Crippen LogP contribution in [0.5, 0.6) is 0 Å². The topological polar surface area (TPSA) is 82.2 Å². The number of urea groups is 1. The summed E-state index contributed by atoms with van der Waals surface area (Å²) in [5.41, 5.74) is 0. The number of thioether (sulfide) groups is 1. The summed E-state index contributed by atoms with van der Waals surface area (Å²) in [6.45, 7) is 1.51. The van der Waals surface area contributed by atoms with Crippen LogP contribution < -0.4 is 0 Å². The van der Waals surface area contributed by atoms with E-state index in [1.54, 1.807) is 7.05 Å². The molecule has 8 heteroatoms. The van der Waals surface area contributed by atoms with Gasteiger partial charge < -0.3 is 0 Å². The lowest BCUT2D eigenvalue weighted by Gasteiger charge is -2.27. The van der Waals surface area contributed by atoms with Crippen LogP contribution in [-0.2, 0) is 9.59 Å². The van der Waals surface area contributed by atoms with E-state index in [4.69, 9.17) is 0 Å². The minimum atomic E-state index is -0.688. The molecule has 2 aliphatic heterocycles. The molecule has 3 rings (SSSR count). The number of amidine groups is 2. The molecule has 2 heterocycles. The van der Waals surface area contributed by atoms with E-state index in [1.807, 2.05) is 0 Å². The quantitative estimate of drug-likeness (QED) is 0.724. The number of Topliss-reactive ketones (excluding diaryl/α,β-unsaturated/α-hetero) is 1. The molecule has 1 unspecified atom stereocenters. The Kier molecular flexibility index (Phi) is 4.67. The minimum absolute atomic E-state index is 0.0234. The zero-order valence-electron chi connectivity index (χ0n) is 14.1. The summed E-state index contributed by atoms with van der Waals surface area (Å²) < 4.78 is 1.42. The molecular weight excluding hydrogens is 328 g/mol. The molecular formula is C16H21N4O3S+. The van der Waals surface area contributed by atoms with Gasteiger partial charge in [0.2, 0.25) is 5.84 Å². The van der Waals surface area contributed by atoms with Crippen molar-refractivity contribution >= 4 is 46.2 Å². The van der Waals surface area contributed by atoms with Crippen molar-refractivity contribution in [1.29, 1.82) is 0 Å². The zero-order valence-corrected chi connectivity index (χ0v) is 14.9. The molecule has 0 radical (unpaired) electrons. The first kappa shape index (κ1) is 17.0. The van der Waals surface area contributed by atoms with Crippen molar-refractivity contribution in [2.45, 2.75) is 32.6 Å². The predicted molar refractivity (Wildman–Crippen MR) is 92.8 cm³/mol. The van der Waals surface area contributed by atoms with Gasteiger partial charge in [-0.05, 0) is 19.8 Å². The van der Waals surface area contributed by atoms with Crippen LogP contribution in [0.1, 0.15) is 32.6 Å². The predicted octanol–water partition coefficient (Wildman–Crippen LogP) is 1.56. The number of hydrogen-bond acceptors (Lipinski definition) is 6. The standard InChI is InChI=1S/C16H21N4O3S/c1-9(21)8-24-14-11-13(19(2)16(23)20(3)15(11)22)17-12(18-14)10-6-4-5-7-10/h10-11H,4-8H2,1-3H3/q+1. The second-order valence-electron chi connectivity index (χ2n) is 6.42. The number of imide groups is 1. The molecule has 0 spiro atoms. The van der Waals surface area contributed by atoms with Gasteiger partial charge in [0.1, 0.15) is 10.8 Å². The average molecular weight is 349 g/mol. The lowest BCUT2D eigenvalue weighted by atomic mass is 10.0. The summed E-state index contributed by atoms with van der Waals surface area (Å²) >= 11 is 1.28. The molecule has 1 atom stereocenters. The van der Waals surface area contributed by atoms with Crippen LogP contribution in [0.15, 0.2) is 9.98 Å². The maximum absolute atomic E-state index is 12.6. The molecule has 1 saturated carbocycles. The summed E-state index contributed by atoms with van der Waals surface area (Å²) in [7, 11) is 3.09. The maximum atomic E-state index is 12.6. The second kappa shape index (κ2) is 6.58. The van der Waals surface area contributed by atoms with Crippen LogP contribution in [0.3, 0.4) is 0 Å². The van der Waals surface area contributed by atoms with E-state index in [-0.39, 0.29) is 23.4 Å². The Balaban J connectivity index is 2.04. The van der Waals surface area contributed by atoms with Gasteiger partial charge >= 0.3 is 11.9 Å². The molecule has 0 aromatic heterocycles. The molecule has 0 aromatic rings. The normalized spacial score (nSPS) is 25.0. The number of carbonyl (C=O) groups is 3. The Bertz CT molecular complexity index is 704. The molecule has 0 aromatic carbocycles. The molecule has 3 aliphatic rings. The van der Waals surface area contributed by atoms with Gasteiger partial charge in [0, 0.05) is 5.92 Å². The molecule has 0 bridgehead atoms. The molecule has 0 saturated heterocycles. The van der Waals surface area contributed by atoms with Crippen molar-refractivity contribution in [3.63, 3.8) is 0 Å². The van der Waals surface area contributed by atoms with E-state index < -0.39 is 11.9 Å². The van der Waals surface area contributed by atoms with E-state index in [9.17, 15) is 14.4 Å². The van der Waals surface area contributed by atoms with Crippen molar-refractivity contribution in [3.05, 3.63) is 0 Å². The molecule has 24 heavy (non-hydrogen) atoms. The lowest BCUT2D eigenvalue weighted by molar-refractivity contribution is -0.407. The van der Waals surface area contributed by atoms with Gasteiger partial charge in [0.25, 0.3) is 5.84 Å². The first-order chi connectivity index (χ1) is 11.4. The van der Waals surface area contributed by atoms with Crippen molar-refractivity contribution in [2.75, 3.05) is 19.8 Å². The van der Waals surface area contributed by atoms with Gasteiger partial charge in [-0.15, -0.1) is 11.8 Å². The molecule has 7 nitrogen and oxygen atoms in total. The van der Waals surface area contributed by atoms with E-state index in [1.165, 1.54) is 30.3 Å². The Morgan fingerprint density at radius 3 is 2.58 bits per heavy atom. The van der Waals surface area contributed by atoms with Gasteiger partial charge in [-0.25, -0.2) is 9.79 Å². The first-order valence-electron chi connectivity index (χ1n) is 8.11. The first-order valence-corrected chi connectivity index (χ1v) is 9.10. The Morgan fingerprint density at radius 2 is 1.96 bits per heavy atom. The van der Waals surface area contributed by atoms with E-state index in [2.05, 4.69) is 9.98 Å². The smallest absolute Gasteiger partial charge is 0.299 e. The third-order valence-corrected chi connectivity index (χ3v) is 5.77. The van der Waals surface area contributed by atoms with Gasteiger partial charge in [-0.3, -0.25) is 9.59 Å². The van der Waals surface area contributed by atoms with E-state index in [0.717, 1.165) is 30.6 Å². The van der Waals surface area contributed by atoms with E-state index >= 15 is 0 Å². The molecule has 128 valence electrons. The van der Waals surface area contributed by atoms with Crippen LogP contribution in [0.2, 0.25) is 0 Å². The Labute approximate surface area is 144 Å². The van der Waals surface area contributed by atoms with Gasteiger partial charge in [-0.2, -0.15) is 9.48 Å². The van der Waals surface area contributed by atoms with Crippen LogP contribution >= 0.6 is 11.8 Å². The summed E-state index contributed by atoms with van der Waals surface area (Å²) in [6, 6.07) is -0.390. The number of hydrogen-bond donors (Lipinski definition) is 0. The highest BCUT2D eigenvalue weighted by molar-refractivity contribution is 8.14. The third-order valence-electron chi connectivity index (χ3n) is 4.60. The van der Waals surface area contributed by atoms with Crippen LogP contribution in [0, 0.1) is 11.8 Å². The number of rotatable bonds is 3. The number of amides is 3. The van der Waals surface area contributed by atoms with Crippen molar-refractivity contribution in [1.82, 2.24) is 4.90 Å². The molecule has 1 aliphatic carbocycles. The van der Waals surface area contributed by atoms with Gasteiger partial charge in [0.15, 0.2) is 5.92 Å². The summed E-state index contributed by atoms with van der Waals surface area (Å²) in [5.74, 6) is 0.659. The number of ketones is 1. The zero-order chi connectivity index (χ0) is 17.4. The fourth-order valence-electron chi connectivity index (χ4n) is 3.25. The highest BCUT2D eigenvalue weighted by Crippen LogP contribution is 2.31. The minimum Gasteiger partial charge on any atom is -0.299 e. The fraction of sp³-hybridized carbons (Fsp3) is 0.625. The number of carbonyl (C=O) groups excluding carboxylic acids is 3. The summed E-state index contributed by atoms with van der Waals surface area (Å²) in [6.07, 6.45) is 4.33. The average Bonchev–Trinajstić information content (AvgIpc) is 3.09. The Morgan fingerprint density at radius 1 is 1.29 bits per heavy atom. The largest absolute Gasteiger partial charge is 0.445 e. The highest BCUT2D eigenvalue weighted by atomic mass is 32.2. The highest BCUT2D eigenvalue weighted by Gasteiger charge is 2.49. The SMILES string of the molecule is CC(=O)CSC1=NC(C2CCCC2)=NC2=[N+](C)C(=O)N(C)C(=O)C12. The van der Waals surface area contributed by atoms with Gasteiger partial charge in [-0.1, -0.05) is 17.8 Å². The molecule has 0 N–H and O–H groups in total. The van der Waals surface area contributed by atoms with Gasteiger partial charge in [0.05, 0.1) is 19.8 Å². The van der Waals surface area contributed by atoms with Crippen molar-refractivity contribution < 1.29 is 19.0 Å².